The van der Waals surface area contributed by atoms with Gasteiger partial charge < -0.3 is 9.64 Å². The van der Waals surface area contributed by atoms with Crippen LogP contribution in [0.1, 0.15) is 68.2 Å². The van der Waals surface area contributed by atoms with Crippen molar-refractivity contribution in [2.24, 2.45) is 4.99 Å². The first-order chi connectivity index (χ1) is 22.8. The van der Waals surface area contributed by atoms with E-state index in [9.17, 15) is 8.42 Å². The standard InChI is InChI=1S/C37H44Cl2N4O4S/c1-5-47-33-18-9-27(26-7-8-26)25-32(33)34-40-36(2,28-10-14-30(38)15-11-28)37(3,29-12-16-31(39)17-13-29)43(34)35(44)42-22-20-41(21-23-42)19-6-24-48(4,45)46/h9-18,25-26H,5-8,19-24H2,1-4H3/t36-,37+/m0/s1. The van der Waals surface area contributed by atoms with Crippen LogP contribution in [0, 0.1) is 0 Å². The minimum Gasteiger partial charge on any atom is -0.493 e. The zero-order chi connectivity index (χ0) is 34.3. The number of hydrogen-bond donors (Lipinski definition) is 0. The van der Waals surface area contributed by atoms with Gasteiger partial charge in [-0.3, -0.25) is 14.8 Å². The number of hydrogen-bond acceptors (Lipinski definition) is 6. The molecule has 1 saturated carbocycles. The quantitative estimate of drug-likeness (QED) is 0.220. The number of sulfone groups is 1. The third-order valence-corrected chi connectivity index (χ3v) is 11.7. The number of rotatable bonds is 10. The van der Waals surface area contributed by atoms with Gasteiger partial charge in [-0.05, 0) is 106 Å². The van der Waals surface area contributed by atoms with E-state index in [1.807, 2.05) is 71.3 Å². The van der Waals surface area contributed by atoms with E-state index in [1.54, 1.807) is 0 Å². The van der Waals surface area contributed by atoms with E-state index in [0.717, 1.165) is 29.5 Å². The SMILES string of the molecule is CCOc1ccc(C2CC2)cc1C1=N[C@@](C)(c2ccc(Cl)cc2)[C@@](C)(c2ccc(Cl)cc2)N1C(=O)N1CCN(CCCS(C)(=O)=O)CC1. The van der Waals surface area contributed by atoms with Crippen molar-refractivity contribution in [1.29, 1.82) is 0 Å². The first kappa shape index (κ1) is 34.7. The first-order valence-electron chi connectivity index (χ1n) is 16.7. The van der Waals surface area contributed by atoms with Crippen molar-refractivity contribution in [3.05, 3.63) is 99.0 Å². The second kappa shape index (κ2) is 13.7. The van der Waals surface area contributed by atoms with Crippen LogP contribution < -0.4 is 4.74 Å². The zero-order valence-electron chi connectivity index (χ0n) is 28.1. The Hall–Kier alpha value is -3.11. The van der Waals surface area contributed by atoms with Gasteiger partial charge in [-0.15, -0.1) is 0 Å². The van der Waals surface area contributed by atoms with E-state index < -0.39 is 20.9 Å². The summed E-state index contributed by atoms with van der Waals surface area (Å²) < 4.78 is 29.6. The molecule has 1 saturated heterocycles. The Morgan fingerprint density at radius 2 is 1.52 bits per heavy atom. The van der Waals surface area contributed by atoms with E-state index in [-0.39, 0.29) is 11.8 Å². The molecular weight excluding hydrogens is 667 g/mol. The lowest BCUT2D eigenvalue weighted by Crippen LogP contribution is -2.60. The molecule has 0 aromatic heterocycles. The summed E-state index contributed by atoms with van der Waals surface area (Å²) in [5, 5.41) is 1.23. The van der Waals surface area contributed by atoms with Gasteiger partial charge in [-0.1, -0.05) is 53.5 Å². The Balaban J connectivity index is 1.46. The molecule has 2 heterocycles. The minimum absolute atomic E-state index is 0.140. The normalized spacial score (nSPS) is 23.3. The van der Waals surface area contributed by atoms with E-state index in [0.29, 0.717) is 73.3 Å². The second-order valence-electron chi connectivity index (χ2n) is 13.5. The fourth-order valence-electron chi connectivity index (χ4n) is 7.10. The van der Waals surface area contributed by atoms with Crippen molar-refractivity contribution in [3.8, 4) is 5.75 Å². The van der Waals surface area contributed by atoms with Gasteiger partial charge in [0.1, 0.15) is 32.5 Å². The topological polar surface area (TPSA) is 82.5 Å². The van der Waals surface area contributed by atoms with Crippen molar-refractivity contribution in [1.82, 2.24) is 14.7 Å². The van der Waals surface area contributed by atoms with Crippen molar-refractivity contribution in [2.75, 3.05) is 51.3 Å². The highest BCUT2D eigenvalue weighted by atomic mass is 35.5. The largest absolute Gasteiger partial charge is 0.493 e. The van der Waals surface area contributed by atoms with E-state index >= 15 is 4.79 Å². The maximum Gasteiger partial charge on any atom is 0.326 e. The van der Waals surface area contributed by atoms with Crippen LogP contribution in [-0.4, -0.2) is 86.3 Å². The molecular formula is C37H44Cl2N4O4S. The van der Waals surface area contributed by atoms with E-state index in [1.165, 1.54) is 11.8 Å². The maximum atomic E-state index is 15.2. The van der Waals surface area contributed by atoms with Crippen molar-refractivity contribution >= 4 is 44.9 Å². The lowest BCUT2D eigenvalue weighted by Gasteiger charge is -2.47. The maximum absolute atomic E-state index is 15.2. The molecule has 2 amide bonds. The van der Waals surface area contributed by atoms with Crippen LogP contribution in [-0.2, 0) is 20.9 Å². The predicted molar refractivity (Wildman–Crippen MR) is 193 cm³/mol. The van der Waals surface area contributed by atoms with Crippen LogP contribution in [0.5, 0.6) is 5.75 Å². The molecule has 256 valence electrons. The Labute approximate surface area is 294 Å². The predicted octanol–water partition coefficient (Wildman–Crippen LogP) is 7.33. The number of urea groups is 1. The summed E-state index contributed by atoms with van der Waals surface area (Å²) in [6.45, 7) is 9.62. The van der Waals surface area contributed by atoms with Crippen LogP contribution in [0.25, 0.3) is 0 Å². The van der Waals surface area contributed by atoms with Gasteiger partial charge in [0.25, 0.3) is 0 Å². The van der Waals surface area contributed by atoms with E-state index in [4.69, 9.17) is 32.9 Å². The van der Waals surface area contributed by atoms with Gasteiger partial charge in [-0.2, -0.15) is 0 Å². The summed E-state index contributed by atoms with van der Waals surface area (Å²) in [6.07, 6.45) is 4.12. The summed E-state index contributed by atoms with van der Waals surface area (Å²) in [6, 6.07) is 21.6. The van der Waals surface area contributed by atoms with Crippen molar-refractivity contribution in [3.63, 3.8) is 0 Å². The number of carbonyl (C=O) groups is 1. The number of benzene rings is 3. The molecule has 0 radical (unpaired) electrons. The highest BCUT2D eigenvalue weighted by Gasteiger charge is 2.60. The second-order valence-corrected chi connectivity index (χ2v) is 16.6. The third kappa shape index (κ3) is 6.84. The zero-order valence-corrected chi connectivity index (χ0v) is 30.4. The van der Waals surface area contributed by atoms with Crippen LogP contribution in [0.2, 0.25) is 10.0 Å². The Morgan fingerprint density at radius 3 is 2.08 bits per heavy atom. The minimum atomic E-state index is -3.02. The molecule has 3 aliphatic rings. The average molecular weight is 712 g/mol. The van der Waals surface area contributed by atoms with Crippen LogP contribution in [0.4, 0.5) is 4.79 Å². The van der Waals surface area contributed by atoms with Gasteiger partial charge in [-0.25, -0.2) is 13.2 Å². The third-order valence-electron chi connectivity index (χ3n) is 10.2. The molecule has 0 bridgehead atoms. The molecule has 1 aliphatic carbocycles. The summed E-state index contributed by atoms with van der Waals surface area (Å²) in [7, 11) is -3.02. The van der Waals surface area contributed by atoms with E-state index in [2.05, 4.69) is 30.9 Å². The lowest BCUT2D eigenvalue weighted by molar-refractivity contribution is 0.0868. The summed E-state index contributed by atoms with van der Waals surface area (Å²) in [4.78, 5) is 26.7. The summed E-state index contributed by atoms with van der Waals surface area (Å²) >= 11 is 12.8. The number of carbonyl (C=O) groups excluding carboxylic acids is 1. The molecule has 3 aromatic carbocycles. The molecule has 0 N–H and O–H groups in total. The molecule has 2 fully saturated rings. The Morgan fingerprint density at radius 1 is 0.917 bits per heavy atom. The Bertz CT molecular complexity index is 1790. The molecule has 8 nitrogen and oxygen atoms in total. The lowest BCUT2D eigenvalue weighted by atomic mass is 9.71. The number of halogens is 2. The molecule has 0 unspecified atom stereocenters. The van der Waals surface area contributed by atoms with Crippen LogP contribution in [0.3, 0.4) is 0 Å². The van der Waals surface area contributed by atoms with Crippen molar-refractivity contribution < 1.29 is 17.9 Å². The van der Waals surface area contributed by atoms with Crippen molar-refractivity contribution in [2.45, 2.75) is 57.0 Å². The number of amides is 2. The van der Waals surface area contributed by atoms with Gasteiger partial charge in [0.2, 0.25) is 0 Å². The number of nitrogens with zero attached hydrogens (tertiary/aromatic N) is 4. The van der Waals surface area contributed by atoms with Gasteiger partial charge in [0, 0.05) is 42.5 Å². The molecule has 48 heavy (non-hydrogen) atoms. The van der Waals surface area contributed by atoms with Gasteiger partial charge in [0.15, 0.2) is 0 Å². The molecule has 0 spiro atoms. The fourth-order valence-corrected chi connectivity index (χ4v) is 8.00. The molecule has 3 aromatic rings. The van der Waals surface area contributed by atoms with Crippen LogP contribution >= 0.6 is 23.2 Å². The number of aliphatic imine (C=N–C) groups is 1. The average Bonchev–Trinajstić information content (AvgIpc) is 3.87. The number of ether oxygens (including phenoxy) is 1. The molecule has 2 atom stereocenters. The number of piperazine rings is 1. The molecule has 6 rings (SSSR count). The summed E-state index contributed by atoms with van der Waals surface area (Å²) in [5.74, 6) is 1.90. The Kier molecular flexibility index (Phi) is 9.88. The number of amidine groups is 1. The summed E-state index contributed by atoms with van der Waals surface area (Å²) in [5.41, 5.74) is 1.93. The van der Waals surface area contributed by atoms with Gasteiger partial charge >= 0.3 is 6.03 Å². The highest BCUT2D eigenvalue weighted by Crippen LogP contribution is 2.54. The van der Waals surface area contributed by atoms with Crippen LogP contribution in [0.15, 0.2) is 71.7 Å². The molecule has 11 heteroatoms. The monoisotopic (exact) mass is 710 g/mol. The fraction of sp³-hybridized carbons (Fsp3) is 0.459. The van der Waals surface area contributed by atoms with Gasteiger partial charge in [0.05, 0.1) is 17.9 Å². The smallest absolute Gasteiger partial charge is 0.326 e. The highest BCUT2D eigenvalue weighted by molar-refractivity contribution is 7.90. The molecule has 2 aliphatic heterocycles. The first-order valence-corrected chi connectivity index (χ1v) is 19.5.